The number of anilines is 1. The van der Waals surface area contributed by atoms with Crippen molar-refractivity contribution in [3.63, 3.8) is 0 Å². The molecule has 3 aromatic rings. The molecule has 0 saturated carbocycles. The Labute approximate surface area is 93.3 Å². The summed E-state index contributed by atoms with van der Waals surface area (Å²) >= 11 is 0. The highest BCUT2D eigenvalue weighted by Gasteiger charge is 2.07. The van der Waals surface area contributed by atoms with Gasteiger partial charge in [-0.2, -0.15) is 0 Å². The monoisotopic (exact) mass is 209 g/mol. The Morgan fingerprint density at radius 1 is 0.875 bits per heavy atom. The van der Waals surface area contributed by atoms with Crippen LogP contribution in [0, 0.1) is 0 Å². The molecule has 2 heteroatoms. The predicted octanol–water partition coefficient (Wildman–Crippen LogP) is 3.68. The van der Waals surface area contributed by atoms with Crippen LogP contribution in [0.25, 0.3) is 22.3 Å². The lowest BCUT2D eigenvalue weighted by molar-refractivity contribution is 0.633. The number of hydrogen-bond acceptors (Lipinski definition) is 2. The predicted molar refractivity (Wildman–Crippen MR) is 66.1 cm³/mol. The largest absolute Gasteiger partial charge is 0.454 e. The maximum atomic E-state index is 5.85. The zero-order valence-corrected chi connectivity index (χ0v) is 8.68. The first kappa shape index (κ1) is 9.04. The fourth-order valence-corrected chi connectivity index (χ4v) is 1.83. The van der Waals surface area contributed by atoms with Crippen molar-refractivity contribution in [1.82, 2.24) is 0 Å². The number of nitrogen functional groups attached to an aromatic ring is 1. The Morgan fingerprint density at radius 3 is 2.44 bits per heavy atom. The van der Waals surface area contributed by atoms with Gasteiger partial charge in [-0.3, -0.25) is 0 Å². The lowest BCUT2D eigenvalue weighted by atomic mass is 10.1. The summed E-state index contributed by atoms with van der Waals surface area (Å²) in [6.07, 6.45) is 0. The SMILES string of the molecule is Nc1cccc2cc(-c3ccccc3)oc12. The topological polar surface area (TPSA) is 39.2 Å². The van der Waals surface area contributed by atoms with Gasteiger partial charge in [0.1, 0.15) is 5.76 Å². The summed E-state index contributed by atoms with van der Waals surface area (Å²) in [4.78, 5) is 0. The summed E-state index contributed by atoms with van der Waals surface area (Å²) in [5.74, 6) is 0.855. The number of para-hydroxylation sites is 1. The fourth-order valence-electron chi connectivity index (χ4n) is 1.83. The highest BCUT2D eigenvalue weighted by Crippen LogP contribution is 2.30. The van der Waals surface area contributed by atoms with Crippen LogP contribution in [0.3, 0.4) is 0 Å². The van der Waals surface area contributed by atoms with Crippen LogP contribution in [0.5, 0.6) is 0 Å². The molecule has 78 valence electrons. The van der Waals surface area contributed by atoms with Gasteiger partial charge in [0.15, 0.2) is 5.58 Å². The summed E-state index contributed by atoms with van der Waals surface area (Å²) in [7, 11) is 0. The van der Waals surface area contributed by atoms with Gasteiger partial charge in [0.2, 0.25) is 0 Å². The van der Waals surface area contributed by atoms with E-state index in [4.69, 9.17) is 10.2 Å². The Balaban J connectivity index is 2.23. The average Bonchev–Trinajstić information content (AvgIpc) is 2.76. The zero-order valence-electron chi connectivity index (χ0n) is 8.68. The summed E-state index contributed by atoms with van der Waals surface area (Å²) in [5, 5.41) is 1.04. The Hall–Kier alpha value is -2.22. The highest BCUT2D eigenvalue weighted by atomic mass is 16.3. The van der Waals surface area contributed by atoms with Gasteiger partial charge in [0, 0.05) is 10.9 Å². The van der Waals surface area contributed by atoms with Crippen molar-refractivity contribution in [1.29, 1.82) is 0 Å². The molecule has 1 aromatic heterocycles. The summed E-state index contributed by atoms with van der Waals surface area (Å²) < 4.78 is 5.76. The van der Waals surface area contributed by atoms with E-state index in [1.165, 1.54) is 0 Å². The first-order valence-electron chi connectivity index (χ1n) is 5.18. The minimum Gasteiger partial charge on any atom is -0.454 e. The van der Waals surface area contributed by atoms with Crippen LogP contribution in [0.1, 0.15) is 0 Å². The Bertz CT molecular complexity index is 626. The van der Waals surface area contributed by atoms with Crippen molar-refractivity contribution in [2.45, 2.75) is 0 Å². The summed E-state index contributed by atoms with van der Waals surface area (Å²) in [6.45, 7) is 0. The normalized spacial score (nSPS) is 10.8. The van der Waals surface area contributed by atoms with Crippen LogP contribution in [0.2, 0.25) is 0 Å². The van der Waals surface area contributed by atoms with E-state index >= 15 is 0 Å². The molecule has 0 atom stereocenters. The molecule has 0 amide bonds. The fraction of sp³-hybridized carbons (Fsp3) is 0. The number of hydrogen-bond donors (Lipinski definition) is 1. The second-order valence-electron chi connectivity index (χ2n) is 3.74. The van der Waals surface area contributed by atoms with E-state index in [-0.39, 0.29) is 0 Å². The van der Waals surface area contributed by atoms with E-state index in [1.807, 2.05) is 54.6 Å². The number of furan rings is 1. The molecule has 2 N–H and O–H groups in total. The first-order valence-corrected chi connectivity index (χ1v) is 5.18. The molecule has 1 heterocycles. The molecule has 0 aliphatic rings. The molecule has 0 aliphatic heterocycles. The second kappa shape index (κ2) is 3.42. The van der Waals surface area contributed by atoms with Gasteiger partial charge in [-0.15, -0.1) is 0 Å². The van der Waals surface area contributed by atoms with Crippen molar-refractivity contribution < 1.29 is 4.42 Å². The molecule has 16 heavy (non-hydrogen) atoms. The third kappa shape index (κ3) is 1.36. The molecular weight excluding hydrogens is 198 g/mol. The summed E-state index contributed by atoms with van der Waals surface area (Å²) in [6, 6.07) is 17.8. The standard InChI is InChI=1S/C14H11NO/c15-12-8-4-7-11-9-13(16-14(11)12)10-5-2-1-3-6-10/h1-9H,15H2. The van der Waals surface area contributed by atoms with Crippen LogP contribution in [0.15, 0.2) is 59.0 Å². The molecule has 2 nitrogen and oxygen atoms in total. The molecule has 0 aliphatic carbocycles. The van der Waals surface area contributed by atoms with E-state index in [1.54, 1.807) is 0 Å². The van der Waals surface area contributed by atoms with E-state index in [0.717, 1.165) is 22.3 Å². The van der Waals surface area contributed by atoms with E-state index in [2.05, 4.69) is 0 Å². The van der Waals surface area contributed by atoms with Crippen LogP contribution in [-0.4, -0.2) is 0 Å². The lowest BCUT2D eigenvalue weighted by Gasteiger charge is -1.94. The van der Waals surface area contributed by atoms with Crippen LogP contribution >= 0.6 is 0 Å². The number of nitrogens with two attached hydrogens (primary N) is 1. The third-order valence-corrected chi connectivity index (χ3v) is 2.63. The molecular formula is C14H11NO. The third-order valence-electron chi connectivity index (χ3n) is 2.63. The van der Waals surface area contributed by atoms with Crippen molar-refractivity contribution >= 4 is 16.7 Å². The quantitative estimate of drug-likeness (QED) is 0.621. The zero-order chi connectivity index (χ0) is 11.0. The van der Waals surface area contributed by atoms with Crippen LogP contribution in [0.4, 0.5) is 5.69 Å². The minimum atomic E-state index is 0.680. The average molecular weight is 209 g/mol. The van der Waals surface area contributed by atoms with Crippen molar-refractivity contribution in [3.05, 3.63) is 54.6 Å². The van der Waals surface area contributed by atoms with Gasteiger partial charge in [-0.05, 0) is 12.1 Å². The maximum Gasteiger partial charge on any atom is 0.157 e. The van der Waals surface area contributed by atoms with Gasteiger partial charge < -0.3 is 10.2 Å². The van der Waals surface area contributed by atoms with E-state index in [0.29, 0.717) is 5.69 Å². The lowest BCUT2D eigenvalue weighted by Crippen LogP contribution is -1.82. The minimum absolute atomic E-state index is 0.680. The van der Waals surface area contributed by atoms with E-state index in [9.17, 15) is 0 Å². The van der Waals surface area contributed by atoms with Gasteiger partial charge in [-0.1, -0.05) is 42.5 Å². The highest BCUT2D eigenvalue weighted by molar-refractivity contribution is 5.91. The second-order valence-corrected chi connectivity index (χ2v) is 3.74. The Kier molecular flexibility index (Phi) is 1.93. The van der Waals surface area contributed by atoms with Crippen molar-refractivity contribution in [2.24, 2.45) is 0 Å². The van der Waals surface area contributed by atoms with E-state index < -0.39 is 0 Å². The van der Waals surface area contributed by atoms with Gasteiger partial charge in [0.25, 0.3) is 0 Å². The summed E-state index contributed by atoms with van der Waals surface area (Å²) in [5.41, 5.74) is 8.37. The van der Waals surface area contributed by atoms with Gasteiger partial charge in [0.05, 0.1) is 5.69 Å². The molecule has 0 spiro atoms. The molecule has 2 aromatic carbocycles. The first-order chi connectivity index (χ1) is 7.84. The van der Waals surface area contributed by atoms with Crippen LogP contribution < -0.4 is 5.73 Å². The number of rotatable bonds is 1. The molecule has 0 unspecified atom stereocenters. The number of fused-ring (bicyclic) bond motifs is 1. The Morgan fingerprint density at radius 2 is 1.69 bits per heavy atom. The van der Waals surface area contributed by atoms with Crippen molar-refractivity contribution in [3.8, 4) is 11.3 Å². The van der Waals surface area contributed by atoms with Crippen LogP contribution in [-0.2, 0) is 0 Å². The van der Waals surface area contributed by atoms with Crippen molar-refractivity contribution in [2.75, 3.05) is 5.73 Å². The molecule has 3 rings (SSSR count). The molecule has 0 saturated heterocycles. The van der Waals surface area contributed by atoms with Gasteiger partial charge in [-0.25, -0.2) is 0 Å². The molecule has 0 fully saturated rings. The van der Waals surface area contributed by atoms with Gasteiger partial charge >= 0.3 is 0 Å². The molecule has 0 bridgehead atoms. The maximum absolute atomic E-state index is 5.85. The molecule has 0 radical (unpaired) electrons. The smallest absolute Gasteiger partial charge is 0.157 e. The number of benzene rings is 2.